The number of aliphatic hydroxyl groups is 1. The molecule has 0 aliphatic carbocycles. The van der Waals surface area contributed by atoms with Crippen molar-refractivity contribution in [2.24, 2.45) is 4.99 Å². The van der Waals surface area contributed by atoms with E-state index in [-0.39, 0.29) is 23.0 Å². The Labute approximate surface area is 185 Å². The molecule has 30 heavy (non-hydrogen) atoms. The Morgan fingerprint density at radius 3 is 3.07 bits per heavy atom. The second kappa shape index (κ2) is 10.4. The topological polar surface area (TPSA) is 60.9 Å². The third kappa shape index (κ3) is 6.06. The smallest absolute Gasteiger partial charge is 0.125 e. The largest absolute Gasteiger partial charge is 0.509 e. The number of rotatable bonds is 10. The van der Waals surface area contributed by atoms with Crippen LogP contribution >= 0.6 is 23.5 Å². The van der Waals surface area contributed by atoms with Crippen molar-refractivity contribution in [1.29, 1.82) is 0 Å². The van der Waals surface area contributed by atoms with Gasteiger partial charge in [0.1, 0.15) is 11.6 Å². The number of benzene rings is 1. The summed E-state index contributed by atoms with van der Waals surface area (Å²) in [5, 5.41) is 11.9. The van der Waals surface area contributed by atoms with Crippen LogP contribution in [0.4, 0.5) is 4.39 Å². The predicted octanol–water partition coefficient (Wildman–Crippen LogP) is 4.98. The zero-order chi connectivity index (χ0) is 21.7. The highest BCUT2D eigenvalue weighted by Crippen LogP contribution is 2.27. The van der Waals surface area contributed by atoms with E-state index in [1.165, 1.54) is 12.1 Å². The number of likely N-dealkylation sites (N-methyl/N-ethyl adjacent to an activating group) is 1. The van der Waals surface area contributed by atoms with Crippen molar-refractivity contribution in [3.63, 3.8) is 0 Å². The SMILES string of the molecule is C=C(O)/C=C(/COC)N(C)C(C)SCC1=NC(Cc2cc3ccc(F)cc3[nH]2)CS1. The van der Waals surface area contributed by atoms with E-state index in [0.29, 0.717) is 6.61 Å². The van der Waals surface area contributed by atoms with Crippen molar-refractivity contribution < 1.29 is 14.2 Å². The number of fused-ring (bicyclic) bond motifs is 1. The Bertz CT molecular complexity index is 957. The normalized spacial score (nSPS) is 17.9. The van der Waals surface area contributed by atoms with Gasteiger partial charge < -0.3 is 19.7 Å². The van der Waals surface area contributed by atoms with Crippen molar-refractivity contribution in [3.8, 4) is 0 Å². The summed E-state index contributed by atoms with van der Waals surface area (Å²) in [7, 11) is 3.61. The number of aromatic amines is 1. The number of methoxy groups -OCH3 is 1. The van der Waals surface area contributed by atoms with Crippen LogP contribution in [0.3, 0.4) is 0 Å². The van der Waals surface area contributed by atoms with E-state index in [2.05, 4.69) is 29.5 Å². The summed E-state index contributed by atoms with van der Waals surface area (Å²) in [6.45, 7) is 6.07. The highest BCUT2D eigenvalue weighted by molar-refractivity contribution is 8.16. The van der Waals surface area contributed by atoms with Gasteiger partial charge in [0.2, 0.25) is 0 Å². The molecular weight excluding hydrogens is 421 g/mol. The molecule has 2 heterocycles. The minimum absolute atomic E-state index is 0.0179. The van der Waals surface area contributed by atoms with E-state index in [4.69, 9.17) is 9.73 Å². The molecule has 0 saturated carbocycles. The summed E-state index contributed by atoms with van der Waals surface area (Å²) >= 11 is 3.60. The zero-order valence-electron chi connectivity index (χ0n) is 17.5. The van der Waals surface area contributed by atoms with Crippen LogP contribution < -0.4 is 0 Å². The average molecular weight is 450 g/mol. The van der Waals surface area contributed by atoms with Gasteiger partial charge in [0.05, 0.1) is 23.1 Å². The van der Waals surface area contributed by atoms with E-state index < -0.39 is 0 Å². The average Bonchev–Trinajstić information content (AvgIpc) is 3.30. The van der Waals surface area contributed by atoms with Gasteiger partial charge in [-0.3, -0.25) is 4.99 Å². The minimum Gasteiger partial charge on any atom is -0.509 e. The maximum atomic E-state index is 13.4. The van der Waals surface area contributed by atoms with E-state index >= 15 is 0 Å². The number of nitrogens with zero attached hydrogens (tertiary/aromatic N) is 2. The highest BCUT2D eigenvalue weighted by atomic mass is 32.2. The molecule has 2 aromatic rings. The molecular formula is C22H28FN3O2S2. The molecule has 1 aromatic carbocycles. The van der Waals surface area contributed by atoms with Crippen LogP contribution in [0.15, 0.2) is 53.4 Å². The van der Waals surface area contributed by atoms with E-state index in [1.807, 2.05) is 7.05 Å². The fourth-order valence-corrected chi connectivity index (χ4v) is 5.46. The van der Waals surface area contributed by atoms with Crippen molar-refractivity contribution >= 4 is 39.5 Å². The molecule has 0 amide bonds. The van der Waals surface area contributed by atoms with Crippen LogP contribution in [-0.2, 0) is 11.2 Å². The van der Waals surface area contributed by atoms with E-state index in [9.17, 15) is 9.50 Å². The second-order valence-corrected chi connectivity index (χ2v) is 9.70. The molecule has 1 aromatic heterocycles. The van der Waals surface area contributed by atoms with Crippen LogP contribution in [0, 0.1) is 5.82 Å². The van der Waals surface area contributed by atoms with Crippen molar-refractivity contribution in [2.45, 2.75) is 24.8 Å². The number of H-pyrrole nitrogens is 1. The second-order valence-electron chi connectivity index (χ2n) is 7.30. The van der Waals surface area contributed by atoms with Gasteiger partial charge in [0.25, 0.3) is 0 Å². The number of aliphatic hydroxyl groups excluding tert-OH is 1. The first-order valence-electron chi connectivity index (χ1n) is 9.74. The Hall–Kier alpha value is -1.90. The number of hydrogen-bond donors (Lipinski definition) is 2. The Morgan fingerprint density at radius 2 is 2.33 bits per heavy atom. The maximum Gasteiger partial charge on any atom is 0.125 e. The maximum absolute atomic E-state index is 13.4. The third-order valence-electron chi connectivity index (χ3n) is 4.94. The number of ether oxygens (including phenoxy) is 1. The first kappa shape index (κ1) is 22.8. The van der Waals surface area contributed by atoms with Crippen LogP contribution in [0.5, 0.6) is 0 Å². The van der Waals surface area contributed by atoms with Crippen molar-refractivity contribution in [1.82, 2.24) is 9.88 Å². The highest BCUT2D eigenvalue weighted by Gasteiger charge is 2.21. The quantitative estimate of drug-likeness (QED) is 0.304. The molecule has 0 fully saturated rings. The molecule has 162 valence electrons. The van der Waals surface area contributed by atoms with Gasteiger partial charge >= 0.3 is 0 Å². The molecule has 0 spiro atoms. The molecule has 3 rings (SSSR count). The number of allylic oxidation sites excluding steroid dienone is 1. The molecule has 1 aliphatic rings. The number of aliphatic imine (C=N–C) groups is 1. The predicted molar refractivity (Wildman–Crippen MR) is 127 cm³/mol. The summed E-state index contributed by atoms with van der Waals surface area (Å²) < 4.78 is 18.6. The summed E-state index contributed by atoms with van der Waals surface area (Å²) in [6.07, 6.45) is 2.46. The van der Waals surface area contributed by atoms with Crippen LogP contribution in [-0.4, -0.2) is 63.7 Å². The van der Waals surface area contributed by atoms with E-state index in [1.54, 1.807) is 42.8 Å². The number of thioether (sulfide) groups is 2. The Balaban J connectivity index is 1.54. The van der Waals surface area contributed by atoms with Crippen LogP contribution in [0.2, 0.25) is 0 Å². The molecule has 1 aliphatic heterocycles. The van der Waals surface area contributed by atoms with Gasteiger partial charge in [0.15, 0.2) is 0 Å². The lowest BCUT2D eigenvalue weighted by Gasteiger charge is -2.28. The first-order valence-corrected chi connectivity index (χ1v) is 11.8. The third-order valence-corrected chi connectivity index (χ3v) is 7.49. The van der Waals surface area contributed by atoms with Gasteiger partial charge in [0, 0.05) is 55.1 Å². The molecule has 2 N–H and O–H groups in total. The standard InChI is InChI=1S/C22H28FN3O2S2/c1-14(27)7-20(11-28-4)26(3)15(2)29-13-22-25-19(12-30-22)10-18-8-16-5-6-17(23)9-21(16)24-18/h5-9,15,19,24,27H,1,10-13H2,2-4H3/b20-7-. The molecule has 5 nitrogen and oxygen atoms in total. The van der Waals surface area contributed by atoms with Crippen LogP contribution in [0.25, 0.3) is 10.9 Å². The summed E-state index contributed by atoms with van der Waals surface area (Å²) in [5.41, 5.74) is 2.79. The van der Waals surface area contributed by atoms with Gasteiger partial charge in [-0.2, -0.15) is 0 Å². The lowest BCUT2D eigenvalue weighted by Crippen LogP contribution is -2.28. The minimum atomic E-state index is -0.226. The fraction of sp³-hybridized carbons (Fsp3) is 0.409. The molecule has 0 radical (unpaired) electrons. The summed E-state index contributed by atoms with van der Waals surface area (Å²) in [5.74, 6) is 1.59. The molecule has 8 heteroatoms. The Kier molecular flexibility index (Phi) is 7.91. The summed E-state index contributed by atoms with van der Waals surface area (Å²) in [4.78, 5) is 10.3. The number of nitrogens with one attached hydrogen (secondary N) is 1. The number of aromatic nitrogens is 1. The van der Waals surface area contributed by atoms with Gasteiger partial charge in [-0.1, -0.05) is 6.58 Å². The lowest BCUT2D eigenvalue weighted by atomic mass is 10.2. The zero-order valence-corrected chi connectivity index (χ0v) is 19.2. The van der Waals surface area contributed by atoms with Crippen molar-refractivity contribution in [3.05, 3.63) is 59.9 Å². The molecule has 2 atom stereocenters. The number of halogens is 1. The van der Waals surface area contributed by atoms with Gasteiger partial charge in [-0.05, 0) is 36.6 Å². The fourth-order valence-electron chi connectivity index (χ4n) is 3.30. The van der Waals surface area contributed by atoms with Crippen molar-refractivity contribution in [2.75, 3.05) is 32.3 Å². The molecule has 2 unspecified atom stereocenters. The number of hydrogen-bond acceptors (Lipinski definition) is 6. The Morgan fingerprint density at radius 1 is 1.53 bits per heavy atom. The first-order chi connectivity index (χ1) is 14.4. The van der Waals surface area contributed by atoms with E-state index in [0.717, 1.165) is 45.3 Å². The van der Waals surface area contributed by atoms with Gasteiger partial charge in [-0.15, -0.1) is 23.5 Å². The molecule has 0 bridgehead atoms. The summed E-state index contributed by atoms with van der Waals surface area (Å²) in [6, 6.07) is 7.13. The van der Waals surface area contributed by atoms with Gasteiger partial charge in [-0.25, -0.2) is 4.39 Å². The van der Waals surface area contributed by atoms with Crippen LogP contribution in [0.1, 0.15) is 12.6 Å². The lowest BCUT2D eigenvalue weighted by molar-refractivity contribution is 0.195. The monoisotopic (exact) mass is 449 g/mol. The molecule has 0 saturated heterocycles.